The third kappa shape index (κ3) is 2.14. The fourth-order valence-corrected chi connectivity index (χ4v) is 2.06. The van der Waals surface area contributed by atoms with E-state index in [2.05, 4.69) is 4.98 Å². The van der Waals surface area contributed by atoms with Crippen LogP contribution < -0.4 is 10.5 Å². The third-order valence-electron chi connectivity index (χ3n) is 3.08. The van der Waals surface area contributed by atoms with Gasteiger partial charge in [-0.1, -0.05) is 6.07 Å². The van der Waals surface area contributed by atoms with Gasteiger partial charge in [-0.2, -0.15) is 0 Å². The number of benzene rings is 2. The van der Waals surface area contributed by atoms with Crippen molar-refractivity contribution < 1.29 is 14.1 Å². The van der Waals surface area contributed by atoms with Gasteiger partial charge in [0.25, 0.3) is 5.69 Å². The Kier molecular flexibility index (Phi) is 2.94. The number of aromatic nitrogens is 1. The molecule has 7 nitrogen and oxygen atoms in total. The molecule has 0 saturated heterocycles. The Hall–Kier alpha value is -3.09. The number of nitro groups is 1. The summed E-state index contributed by atoms with van der Waals surface area (Å²) >= 11 is 0. The number of rotatable bonds is 3. The Morgan fingerprint density at radius 3 is 2.81 bits per heavy atom. The molecule has 1 aromatic heterocycles. The maximum Gasteiger partial charge on any atom is 0.271 e. The van der Waals surface area contributed by atoms with Crippen LogP contribution in [-0.4, -0.2) is 17.0 Å². The van der Waals surface area contributed by atoms with Gasteiger partial charge in [-0.3, -0.25) is 10.1 Å². The number of nitro benzene ring substituents is 1. The summed E-state index contributed by atoms with van der Waals surface area (Å²) < 4.78 is 10.9. The fourth-order valence-electron chi connectivity index (χ4n) is 2.06. The lowest BCUT2D eigenvalue weighted by Gasteiger charge is -2.00. The number of fused-ring (bicyclic) bond motifs is 1. The average molecular weight is 285 g/mol. The van der Waals surface area contributed by atoms with E-state index >= 15 is 0 Å². The van der Waals surface area contributed by atoms with Gasteiger partial charge in [0.2, 0.25) is 5.89 Å². The normalized spacial score (nSPS) is 10.7. The van der Waals surface area contributed by atoms with Crippen molar-refractivity contribution in [2.24, 2.45) is 0 Å². The van der Waals surface area contributed by atoms with Crippen LogP contribution in [-0.2, 0) is 0 Å². The van der Waals surface area contributed by atoms with E-state index in [1.807, 2.05) is 0 Å². The molecular weight excluding hydrogens is 274 g/mol. The molecule has 3 rings (SSSR count). The van der Waals surface area contributed by atoms with Crippen LogP contribution in [0.15, 0.2) is 40.8 Å². The number of oxazole rings is 1. The van der Waals surface area contributed by atoms with Crippen molar-refractivity contribution in [1.29, 1.82) is 0 Å². The molecule has 106 valence electrons. The van der Waals surface area contributed by atoms with E-state index in [0.29, 0.717) is 28.3 Å². The van der Waals surface area contributed by atoms with E-state index in [1.165, 1.54) is 18.2 Å². The molecule has 2 N–H and O–H groups in total. The number of hydrogen-bond donors (Lipinski definition) is 1. The van der Waals surface area contributed by atoms with Crippen molar-refractivity contribution in [3.63, 3.8) is 0 Å². The topological polar surface area (TPSA) is 104 Å². The summed E-state index contributed by atoms with van der Waals surface area (Å²) in [5.74, 6) is 0.880. The molecule has 0 amide bonds. The van der Waals surface area contributed by atoms with Gasteiger partial charge in [-0.25, -0.2) is 4.98 Å². The van der Waals surface area contributed by atoms with Gasteiger partial charge in [0, 0.05) is 12.1 Å². The lowest BCUT2D eigenvalue weighted by Crippen LogP contribution is -1.94. The number of methoxy groups -OCH3 is 1. The summed E-state index contributed by atoms with van der Waals surface area (Å²) in [4.78, 5) is 14.6. The second-order valence-electron chi connectivity index (χ2n) is 4.35. The second kappa shape index (κ2) is 4.78. The fraction of sp³-hybridized carbons (Fsp3) is 0.0714. The highest BCUT2D eigenvalue weighted by Crippen LogP contribution is 2.33. The predicted octanol–water partition coefficient (Wildman–Crippen LogP) is 2.99. The van der Waals surface area contributed by atoms with Crippen LogP contribution >= 0.6 is 0 Å². The van der Waals surface area contributed by atoms with Crippen LogP contribution in [0.1, 0.15) is 0 Å². The standard InChI is InChI=1S/C14H11N3O4/c1-20-11-3-2-4-12-13(11)16-14(21-12)9-6-5-8(17(18)19)7-10(9)15/h2-7H,15H2,1H3. The minimum Gasteiger partial charge on any atom is -0.494 e. The summed E-state index contributed by atoms with van der Waals surface area (Å²) in [6, 6.07) is 9.48. The van der Waals surface area contributed by atoms with E-state index in [4.69, 9.17) is 14.9 Å². The number of para-hydroxylation sites is 1. The number of anilines is 1. The van der Waals surface area contributed by atoms with E-state index in [-0.39, 0.29) is 11.4 Å². The van der Waals surface area contributed by atoms with Crippen LogP contribution in [0.25, 0.3) is 22.6 Å². The number of nitrogen functional groups attached to an aromatic ring is 1. The number of nitrogens with two attached hydrogens (primary N) is 1. The molecule has 0 fully saturated rings. The molecule has 0 aliphatic heterocycles. The maximum atomic E-state index is 10.7. The smallest absolute Gasteiger partial charge is 0.271 e. The molecule has 0 atom stereocenters. The molecular formula is C14H11N3O4. The molecule has 3 aromatic rings. The predicted molar refractivity (Wildman–Crippen MR) is 77.1 cm³/mol. The first-order valence-electron chi connectivity index (χ1n) is 6.08. The SMILES string of the molecule is COc1cccc2oc(-c3ccc([N+](=O)[O-])cc3N)nc12. The van der Waals surface area contributed by atoms with Crippen LogP contribution in [0, 0.1) is 10.1 Å². The van der Waals surface area contributed by atoms with Gasteiger partial charge in [-0.15, -0.1) is 0 Å². The van der Waals surface area contributed by atoms with Gasteiger partial charge in [0.05, 0.1) is 23.3 Å². The molecule has 0 bridgehead atoms. The van der Waals surface area contributed by atoms with Crippen LogP contribution in [0.5, 0.6) is 5.75 Å². The van der Waals surface area contributed by atoms with Crippen molar-refractivity contribution in [3.05, 3.63) is 46.5 Å². The molecule has 21 heavy (non-hydrogen) atoms. The Bertz CT molecular complexity index is 841. The van der Waals surface area contributed by atoms with E-state index < -0.39 is 4.92 Å². The van der Waals surface area contributed by atoms with Gasteiger partial charge >= 0.3 is 0 Å². The van der Waals surface area contributed by atoms with Crippen molar-refractivity contribution in [3.8, 4) is 17.2 Å². The van der Waals surface area contributed by atoms with Crippen molar-refractivity contribution >= 4 is 22.5 Å². The van der Waals surface area contributed by atoms with E-state index in [1.54, 1.807) is 25.3 Å². The summed E-state index contributed by atoms with van der Waals surface area (Å²) in [6.07, 6.45) is 0. The molecule has 0 aliphatic carbocycles. The minimum absolute atomic E-state index is 0.0788. The van der Waals surface area contributed by atoms with Gasteiger partial charge in [0.1, 0.15) is 5.75 Å². The van der Waals surface area contributed by atoms with Crippen molar-refractivity contribution in [2.75, 3.05) is 12.8 Å². The minimum atomic E-state index is -0.505. The van der Waals surface area contributed by atoms with Crippen LogP contribution in [0.3, 0.4) is 0 Å². The van der Waals surface area contributed by atoms with Crippen molar-refractivity contribution in [2.45, 2.75) is 0 Å². The Morgan fingerprint density at radius 2 is 2.14 bits per heavy atom. The van der Waals surface area contributed by atoms with E-state index in [9.17, 15) is 10.1 Å². The number of ether oxygens (including phenoxy) is 1. The van der Waals surface area contributed by atoms with Gasteiger partial charge < -0.3 is 14.9 Å². The van der Waals surface area contributed by atoms with Gasteiger partial charge in [0.15, 0.2) is 11.1 Å². The van der Waals surface area contributed by atoms with Crippen LogP contribution in [0.2, 0.25) is 0 Å². The zero-order valence-electron chi connectivity index (χ0n) is 11.1. The molecule has 0 radical (unpaired) electrons. The highest BCUT2D eigenvalue weighted by molar-refractivity contribution is 5.84. The van der Waals surface area contributed by atoms with Gasteiger partial charge in [-0.05, 0) is 18.2 Å². The van der Waals surface area contributed by atoms with E-state index in [0.717, 1.165) is 0 Å². The first-order valence-corrected chi connectivity index (χ1v) is 6.08. The molecule has 1 heterocycles. The summed E-state index contributed by atoms with van der Waals surface area (Å²) in [5.41, 5.74) is 7.63. The lowest BCUT2D eigenvalue weighted by molar-refractivity contribution is -0.384. The molecule has 0 saturated carbocycles. The Labute approximate surface area is 119 Å². The summed E-state index contributed by atoms with van der Waals surface area (Å²) in [5, 5.41) is 10.7. The molecule has 7 heteroatoms. The largest absolute Gasteiger partial charge is 0.494 e. The Balaban J connectivity index is 2.14. The molecule has 2 aromatic carbocycles. The zero-order valence-corrected chi connectivity index (χ0v) is 11.1. The molecule has 0 spiro atoms. The number of non-ortho nitro benzene ring substituents is 1. The monoisotopic (exact) mass is 285 g/mol. The first kappa shape index (κ1) is 12.9. The highest BCUT2D eigenvalue weighted by atomic mass is 16.6. The summed E-state index contributed by atoms with van der Waals surface area (Å²) in [7, 11) is 1.55. The average Bonchev–Trinajstić information content (AvgIpc) is 2.90. The molecule has 0 aliphatic rings. The lowest BCUT2D eigenvalue weighted by atomic mass is 10.1. The van der Waals surface area contributed by atoms with Crippen molar-refractivity contribution in [1.82, 2.24) is 4.98 Å². The van der Waals surface area contributed by atoms with Crippen LogP contribution in [0.4, 0.5) is 11.4 Å². The quantitative estimate of drug-likeness (QED) is 0.450. The third-order valence-corrected chi connectivity index (χ3v) is 3.08. The molecule has 0 unspecified atom stereocenters. The summed E-state index contributed by atoms with van der Waals surface area (Å²) in [6.45, 7) is 0. The Morgan fingerprint density at radius 1 is 1.33 bits per heavy atom. The highest BCUT2D eigenvalue weighted by Gasteiger charge is 2.16. The number of nitrogens with zero attached hydrogens (tertiary/aromatic N) is 2. The zero-order chi connectivity index (χ0) is 15.0. The first-order chi connectivity index (χ1) is 10.1. The number of hydrogen-bond acceptors (Lipinski definition) is 6. The second-order valence-corrected chi connectivity index (χ2v) is 4.35. The maximum absolute atomic E-state index is 10.7.